The van der Waals surface area contributed by atoms with E-state index in [1.807, 2.05) is 12.1 Å². The minimum absolute atomic E-state index is 0.158. The average molecular weight is 1190 g/mol. The minimum Gasteiger partial charge on any atom is -0.311 e. The van der Waals surface area contributed by atoms with E-state index in [4.69, 9.17) is 4.11 Å². The van der Waals surface area contributed by atoms with E-state index in [2.05, 4.69) is 314 Å². The smallest absolute Gasteiger partial charge is 0.252 e. The van der Waals surface area contributed by atoms with Gasteiger partial charge in [-0.15, -0.1) is 0 Å². The van der Waals surface area contributed by atoms with Crippen LogP contribution in [0.1, 0.15) is 55.4 Å². The van der Waals surface area contributed by atoms with Crippen molar-refractivity contribution in [2.24, 2.45) is 0 Å². The molecule has 0 saturated heterocycles. The molecule has 0 atom stereocenters. The number of anilines is 6. The van der Waals surface area contributed by atoms with Crippen LogP contribution in [0.25, 0.3) is 94.3 Å². The number of aromatic nitrogens is 1. The van der Waals surface area contributed by atoms with Gasteiger partial charge in [0.25, 0.3) is 6.71 Å². The van der Waals surface area contributed by atoms with Crippen molar-refractivity contribution in [2.75, 3.05) is 9.80 Å². The van der Waals surface area contributed by atoms with Crippen molar-refractivity contribution in [3.8, 4) is 72.4 Å². The molecule has 2 aliphatic carbocycles. The van der Waals surface area contributed by atoms with Crippen molar-refractivity contribution >= 4 is 79.0 Å². The van der Waals surface area contributed by atoms with E-state index in [0.29, 0.717) is 5.56 Å². The Morgan fingerprint density at radius 1 is 0.344 bits per heavy atom. The molecule has 0 radical (unpaired) electrons. The predicted molar refractivity (Wildman–Crippen MR) is 392 cm³/mol. The van der Waals surface area contributed by atoms with Crippen LogP contribution in [0.2, 0.25) is 0 Å². The van der Waals surface area contributed by atoms with E-state index >= 15 is 0 Å². The van der Waals surface area contributed by atoms with Gasteiger partial charge < -0.3 is 14.4 Å². The molecule has 4 heteroatoms. The molecule has 3 heterocycles. The average Bonchev–Trinajstić information content (AvgIpc) is 1.42. The van der Waals surface area contributed by atoms with Gasteiger partial charge >= 0.3 is 0 Å². The Bertz CT molecular complexity index is 5690. The molecular formula is C89H62BN3. The molecule has 19 rings (SSSR count). The number of para-hydroxylation sites is 3. The normalized spacial score (nSPS) is 14.3. The van der Waals surface area contributed by atoms with Crippen LogP contribution in [0.15, 0.2) is 321 Å². The van der Waals surface area contributed by atoms with Crippen LogP contribution in [0, 0.1) is 0 Å². The predicted octanol–water partition coefficient (Wildman–Crippen LogP) is 21.2. The van der Waals surface area contributed by atoms with Crippen molar-refractivity contribution in [1.29, 1.82) is 0 Å². The van der Waals surface area contributed by atoms with Crippen LogP contribution >= 0.6 is 0 Å². The fraction of sp³-hybridized carbons (Fsp3) is 0.0562. The molecule has 0 N–H and O–H groups in total. The van der Waals surface area contributed by atoms with E-state index in [9.17, 15) is 2.74 Å². The molecule has 1 aromatic heterocycles. The van der Waals surface area contributed by atoms with Crippen molar-refractivity contribution in [3.05, 3.63) is 349 Å². The summed E-state index contributed by atoms with van der Waals surface area (Å²) >= 11 is 0. The van der Waals surface area contributed by atoms with Crippen LogP contribution in [-0.4, -0.2) is 11.3 Å². The molecular weight excluding hydrogens is 1120 g/mol. The highest BCUT2D eigenvalue weighted by Gasteiger charge is 2.53. The Morgan fingerprint density at radius 2 is 0.849 bits per heavy atom. The van der Waals surface area contributed by atoms with Crippen LogP contribution in [0.5, 0.6) is 0 Å². The number of benzene rings is 14. The van der Waals surface area contributed by atoms with Crippen molar-refractivity contribution < 1.29 is 6.85 Å². The van der Waals surface area contributed by atoms with Crippen LogP contribution in [0.4, 0.5) is 34.1 Å². The summed E-state index contributed by atoms with van der Waals surface area (Å²) in [5, 5.41) is 2.34. The molecule has 4 aliphatic rings. The molecule has 2 aliphatic heterocycles. The van der Waals surface area contributed by atoms with Gasteiger partial charge in [0.2, 0.25) is 0 Å². The standard InChI is InChI=1S/C89H62BN3/c1-88(2,3)62-47-52-81-78(55-62)90-77-51-50-64(92-79-43-21-16-34-71(79)72-35-17-22-44-80(72)92)56-82(77)91(63-48-45-58(46-49-63)57-25-7-4-8-26-57)83-53-61(54-84(86(83)90)93(81)87-66(59-27-9-5-10-28-59)37-24-38-67(87)60-29-11-6-12-30-60)65-36-23-39-73-70-33-15-20-42-76(70)89(85(65)73)74-40-18-13-31-68(74)69-32-14-19-41-75(69)89/h4-56H,1-3H3/i4D,7D,8D,25D,26D. The van der Waals surface area contributed by atoms with E-state index < -0.39 is 11.5 Å². The Balaban J connectivity index is 0.975. The number of fused-ring (bicyclic) bond motifs is 17. The Morgan fingerprint density at radius 3 is 1.45 bits per heavy atom. The topological polar surface area (TPSA) is 11.4 Å². The second kappa shape index (κ2) is 20.3. The SMILES string of the molecule is [2H]c1c([2H])c([2H])c(-c2ccc(N3c4cc(-n5c6ccccc6c6ccccc65)ccc4B4c5cc(C(C)(C)C)ccc5N(c5c(-c6ccccc6)cccc5-c5ccccc5)c5cc(-c6cccc7c6C6(c8ccccc8-c8ccccc86)c6ccccc6-7)cc3c54)cc2)c([2H])c1[2H]. The second-order valence-electron chi connectivity index (χ2n) is 26.3. The molecule has 3 nitrogen and oxygen atoms in total. The molecule has 93 heavy (non-hydrogen) atoms. The number of hydrogen-bond acceptors (Lipinski definition) is 2. The summed E-state index contributed by atoms with van der Waals surface area (Å²) in [6.07, 6.45) is 0. The summed E-state index contributed by atoms with van der Waals surface area (Å²) in [6.45, 7) is 6.64. The van der Waals surface area contributed by atoms with Crippen LogP contribution in [-0.2, 0) is 10.8 Å². The number of rotatable bonds is 7. The zero-order valence-electron chi connectivity index (χ0n) is 56.6. The molecule has 0 unspecified atom stereocenters. The largest absolute Gasteiger partial charge is 0.311 e. The molecule has 1 spiro atoms. The van der Waals surface area contributed by atoms with Gasteiger partial charge in [-0.25, -0.2) is 0 Å². The van der Waals surface area contributed by atoms with Gasteiger partial charge in [0, 0.05) is 56.0 Å². The Labute approximate surface area is 550 Å². The molecule has 436 valence electrons. The quantitative estimate of drug-likeness (QED) is 0.147. The van der Waals surface area contributed by atoms with Crippen molar-refractivity contribution in [3.63, 3.8) is 0 Å². The maximum Gasteiger partial charge on any atom is 0.252 e. The fourth-order valence-electron chi connectivity index (χ4n) is 16.5. The lowest BCUT2D eigenvalue weighted by Crippen LogP contribution is -2.61. The molecule has 0 saturated carbocycles. The Hall–Kier alpha value is -11.5. The first kappa shape index (κ1) is 48.4. The van der Waals surface area contributed by atoms with E-state index in [1.165, 1.54) is 66.3 Å². The third-order valence-corrected chi connectivity index (χ3v) is 20.4. The molecule has 15 aromatic rings. The highest BCUT2D eigenvalue weighted by atomic mass is 15.2. The summed E-state index contributed by atoms with van der Waals surface area (Å²) in [5.41, 5.74) is 30.2. The zero-order valence-corrected chi connectivity index (χ0v) is 51.6. The third kappa shape index (κ3) is 7.73. The highest BCUT2D eigenvalue weighted by molar-refractivity contribution is 7.00. The van der Waals surface area contributed by atoms with Gasteiger partial charge in [-0.05, 0) is 160 Å². The minimum atomic E-state index is -0.676. The van der Waals surface area contributed by atoms with E-state index in [-0.39, 0.29) is 41.9 Å². The summed E-state index contributed by atoms with van der Waals surface area (Å²) in [7, 11) is 0. The van der Waals surface area contributed by atoms with E-state index in [1.54, 1.807) is 0 Å². The number of hydrogen-bond donors (Lipinski definition) is 0. The summed E-state index contributed by atoms with van der Waals surface area (Å²) in [6, 6.07) is 106. The fourth-order valence-corrected chi connectivity index (χ4v) is 16.5. The summed E-state index contributed by atoms with van der Waals surface area (Å²) < 4.78 is 46.9. The van der Waals surface area contributed by atoms with Gasteiger partial charge in [0.1, 0.15) is 0 Å². The lowest BCUT2D eigenvalue weighted by atomic mass is 9.33. The Kier molecular flexibility index (Phi) is 10.6. The maximum atomic E-state index is 9.19. The van der Waals surface area contributed by atoms with Crippen LogP contribution < -0.4 is 26.2 Å². The lowest BCUT2D eigenvalue weighted by Gasteiger charge is -2.46. The lowest BCUT2D eigenvalue weighted by molar-refractivity contribution is 0.591. The van der Waals surface area contributed by atoms with E-state index in [0.717, 1.165) is 95.2 Å². The van der Waals surface area contributed by atoms with Gasteiger partial charge in [-0.1, -0.05) is 288 Å². The number of nitrogens with zero attached hydrogens (tertiary/aromatic N) is 3. The highest BCUT2D eigenvalue weighted by Crippen LogP contribution is 2.65. The van der Waals surface area contributed by atoms with Gasteiger partial charge in [0.05, 0.1) is 29.0 Å². The first-order valence-corrected chi connectivity index (χ1v) is 32.3. The molecule has 0 amide bonds. The first-order chi connectivity index (χ1) is 47.9. The monoisotopic (exact) mass is 1190 g/mol. The summed E-state index contributed by atoms with van der Waals surface area (Å²) in [4.78, 5) is 5.07. The summed E-state index contributed by atoms with van der Waals surface area (Å²) in [5.74, 6) is 0. The first-order valence-electron chi connectivity index (χ1n) is 34.8. The van der Waals surface area contributed by atoms with Crippen molar-refractivity contribution in [1.82, 2.24) is 4.57 Å². The van der Waals surface area contributed by atoms with Gasteiger partial charge in [-0.3, -0.25) is 0 Å². The molecule has 14 aromatic carbocycles. The van der Waals surface area contributed by atoms with Crippen LogP contribution in [0.3, 0.4) is 0 Å². The third-order valence-electron chi connectivity index (χ3n) is 20.4. The second-order valence-corrected chi connectivity index (χ2v) is 26.3. The molecule has 0 bridgehead atoms. The van der Waals surface area contributed by atoms with Crippen molar-refractivity contribution in [2.45, 2.75) is 31.6 Å². The maximum absolute atomic E-state index is 9.19. The van der Waals surface area contributed by atoms with Gasteiger partial charge in [-0.2, -0.15) is 0 Å². The van der Waals surface area contributed by atoms with Gasteiger partial charge in [0.15, 0.2) is 0 Å². The zero-order chi connectivity index (χ0) is 66.0. The molecule has 0 fully saturated rings.